The highest BCUT2D eigenvalue weighted by Crippen LogP contribution is 2.85. The molecule has 0 aromatic carbocycles. The van der Waals surface area contributed by atoms with Crippen LogP contribution in [0.5, 0.6) is 0 Å². The SMILES string of the molecule is CC12C[C@@]34CC[C@@H]5C(C)(C)[C@H](O)CC[C@@]5(C)[C@@H]3C[C@@H]1C2C4. The number of hydrogen-bond acceptors (Lipinski definition) is 1. The molecule has 1 nitrogen and oxygen atoms in total. The van der Waals surface area contributed by atoms with Crippen molar-refractivity contribution >= 4 is 0 Å². The minimum absolute atomic E-state index is 0.0754. The molecule has 0 radical (unpaired) electrons. The van der Waals surface area contributed by atoms with Crippen LogP contribution in [0.15, 0.2) is 0 Å². The summed E-state index contributed by atoms with van der Waals surface area (Å²) >= 11 is 0. The first-order valence-corrected chi connectivity index (χ1v) is 9.42. The van der Waals surface area contributed by atoms with Crippen molar-refractivity contribution in [2.24, 2.45) is 45.3 Å². The van der Waals surface area contributed by atoms with Crippen molar-refractivity contribution in [2.75, 3.05) is 0 Å². The molecule has 1 heteroatoms. The summed E-state index contributed by atoms with van der Waals surface area (Å²) in [5, 5.41) is 10.6. The molecule has 6 saturated carbocycles. The third kappa shape index (κ3) is 1.28. The van der Waals surface area contributed by atoms with Gasteiger partial charge in [0.25, 0.3) is 0 Å². The van der Waals surface area contributed by atoms with Crippen LogP contribution in [0.25, 0.3) is 0 Å². The summed E-state index contributed by atoms with van der Waals surface area (Å²) in [5.41, 5.74) is 2.10. The van der Waals surface area contributed by atoms with Gasteiger partial charge in [-0.3, -0.25) is 0 Å². The smallest absolute Gasteiger partial charge is 0.0594 e. The van der Waals surface area contributed by atoms with Gasteiger partial charge in [0.15, 0.2) is 0 Å². The Kier molecular flexibility index (Phi) is 2.17. The summed E-state index contributed by atoms with van der Waals surface area (Å²) in [6, 6.07) is 0. The van der Waals surface area contributed by atoms with Crippen molar-refractivity contribution in [1.29, 1.82) is 0 Å². The van der Waals surface area contributed by atoms with Crippen LogP contribution >= 0.6 is 0 Å². The summed E-state index contributed by atoms with van der Waals surface area (Å²) < 4.78 is 0. The maximum absolute atomic E-state index is 10.6. The maximum Gasteiger partial charge on any atom is 0.0594 e. The molecule has 8 atom stereocenters. The largest absolute Gasteiger partial charge is 0.393 e. The Morgan fingerprint density at radius 1 is 0.857 bits per heavy atom. The van der Waals surface area contributed by atoms with E-state index in [0.29, 0.717) is 10.8 Å². The first-order valence-electron chi connectivity index (χ1n) is 9.42. The Labute approximate surface area is 129 Å². The second kappa shape index (κ2) is 3.40. The topological polar surface area (TPSA) is 20.2 Å². The molecule has 2 unspecified atom stereocenters. The quantitative estimate of drug-likeness (QED) is 0.688. The van der Waals surface area contributed by atoms with Crippen LogP contribution in [0, 0.1) is 45.3 Å². The zero-order chi connectivity index (χ0) is 14.8. The second-order valence-electron chi connectivity index (χ2n) is 10.7. The standard InChI is InChI=1S/C20H32O/c1-17(2)14-5-8-20-10-13-12(19(13,4)11-20)9-15(20)18(14,3)7-6-16(17)21/h12-16,21H,5-11H2,1-4H3/t12-,13?,14-,15+,16-,18-,19?,20+/m1/s1. The number of aliphatic hydroxyl groups is 1. The van der Waals surface area contributed by atoms with Crippen LogP contribution in [0.1, 0.15) is 72.6 Å². The minimum atomic E-state index is -0.0754. The molecule has 6 aliphatic rings. The van der Waals surface area contributed by atoms with E-state index in [1.807, 2.05) is 0 Å². The fourth-order valence-corrected chi connectivity index (χ4v) is 8.83. The molecule has 6 rings (SSSR count). The van der Waals surface area contributed by atoms with Crippen LogP contribution in [0.4, 0.5) is 0 Å². The molecule has 4 bridgehead atoms. The van der Waals surface area contributed by atoms with Gasteiger partial charge in [-0.15, -0.1) is 0 Å². The molecule has 0 aliphatic heterocycles. The number of aliphatic hydroxyl groups excluding tert-OH is 1. The molecule has 0 aromatic heterocycles. The Bertz CT molecular complexity index is 510. The molecule has 0 aromatic rings. The van der Waals surface area contributed by atoms with Gasteiger partial charge >= 0.3 is 0 Å². The highest BCUT2D eigenvalue weighted by atomic mass is 16.3. The molecule has 6 fully saturated rings. The van der Waals surface area contributed by atoms with Crippen LogP contribution in [-0.2, 0) is 0 Å². The van der Waals surface area contributed by atoms with Crippen molar-refractivity contribution in [3.05, 3.63) is 0 Å². The number of rotatable bonds is 0. The minimum Gasteiger partial charge on any atom is -0.393 e. The summed E-state index contributed by atoms with van der Waals surface area (Å²) in [7, 11) is 0. The molecule has 21 heavy (non-hydrogen) atoms. The molecular weight excluding hydrogens is 256 g/mol. The van der Waals surface area contributed by atoms with Crippen molar-refractivity contribution in [2.45, 2.75) is 78.7 Å². The molecule has 1 N–H and O–H groups in total. The van der Waals surface area contributed by atoms with Crippen molar-refractivity contribution in [3.8, 4) is 0 Å². The molecule has 118 valence electrons. The highest BCUT2D eigenvalue weighted by Gasteiger charge is 2.78. The Morgan fingerprint density at radius 2 is 1.62 bits per heavy atom. The summed E-state index contributed by atoms with van der Waals surface area (Å²) in [5.74, 6) is 3.87. The van der Waals surface area contributed by atoms with E-state index in [1.165, 1.54) is 25.7 Å². The monoisotopic (exact) mass is 288 g/mol. The van der Waals surface area contributed by atoms with Gasteiger partial charge in [-0.25, -0.2) is 0 Å². The van der Waals surface area contributed by atoms with Crippen molar-refractivity contribution in [3.63, 3.8) is 0 Å². The van der Waals surface area contributed by atoms with Gasteiger partial charge in [-0.1, -0.05) is 27.7 Å². The first-order chi connectivity index (χ1) is 9.74. The zero-order valence-corrected chi connectivity index (χ0v) is 14.3. The van der Waals surface area contributed by atoms with Crippen LogP contribution in [-0.4, -0.2) is 11.2 Å². The number of hydrogen-bond donors (Lipinski definition) is 1. The van der Waals surface area contributed by atoms with Gasteiger partial charge in [-0.05, 0) is 90.3 Å². The zero-order valence-electron chi connectivity index (χ0n) is 14.3. The van der Waals surface area contributed by atoms with Gasteiger partial charge in [0, 0.05) is 0 Å². The van der Waals surface area contributed by atoms with E-state index in [4.69, 9.17) is 0 Å². The van der Waals surface area contributed by atoms with E-state index < -0.39 is 0 Å². The van der Waals surface area contributed by atoms with Crippen molar-refractivity contribution < 1.29 is 5.11 Å². The predicted octanol–water partition coefficient (Wildman–Crippen LogP) is 4.64. The van der Waals surface area contributed by atoms with E-state index in [0.717, 1.165) is 35.5 Å². The van der Waals surface area contributed by atoms with E-state index in [1.54, 1.807) is 12.8 Å². The van der Waals surface area contributed by atoms with E-state index in [2.05, 4.69) is 27.7 Å². The molecule has 0 heterocycles. The third-order valence-electron chi connectivity index (χ3n) is 9.90. The molecule has 0 amide bonds. The van der Waals surface area contributed by atoms with E-state index in [-0.39, 0.29) is 11.5 Å². The fraction of sp³-hybridized carbons (Fsp3) is 1.00. The van der Waals surface area contributed by atoms with Crippen molar-refractivity contribution in [1.82, 2.24) is 0 Å². The van der Waals surface area contributed by atoms with Gasteiger partial charge in [0.2, 0.25) is 0 Å². The lowest BCUT2D eigenvalue weighted by molar-refractivity contribution is -0.190. The average molecular weight is 288 g/mol. The maximum atomic E-state index is 10.6. The van der Waals surface area contributed by atoms with Crippen LogP contribution in [0.2, 0.25) is 0 Å². The lowest BCUT2D eigenvalue weighted by atomic mass is 9.39. The Balaban J connectivity index is 1.56. The van der Waals surface area contributed by atoms with Gasteiger partial charge in [0.05, 0.1) is 6.10 Å². The normalized spacial score (nSPS) is 66.4. The first kappa shape index (κ1) is 13.4. The lowest BCUT2D eigenvalue weighted by Gasteiger charge is -2.66. The van der Waals surface area contributed by atoms with E-state index in [9.17, 15) is 5.11 Å². The average Bonchev–Trinajstić information content (AvgIpc) is 2.86. The molecular formula is C20H32O. The Hall–Kier alpha value is -0.0400. The third-order valence-corrected chi connectivity index (χ3v) is 9.90. The summed E-state index contributed by atoms with van der Waals surface area (Å²) in [6.45, 7) is 9.92. The van der Waals surface area contributed by atoms with Gasteiger partial charge in [0.1, 0.15) is 0 Å². The van der Waals surface area contributed by atoms with Crippen LogP contribution < -0.4 is 0 Å². The molecule has 6 aliphatic carbocycles. The lowest BCUT2D eigenvalue weighted by Crippen LogP contribution is -2.60. The van der Waals surface area contributed by atoms with Gasteiger partial charge < -0.3 is 5.11 Å². The van der Waals surface area contributed by atoms with Crippen LogP contribution in [0.3, 0.4) is 0 Å². The summed E-state index contributed by atoms with van der Waals surface area (Å²) in [6.07, 6.45) is 9.72. The predicted molar refractivity (Wildman–Crippen MR) is 84.7 cm³/mol. The summed E-state index contributed by atoms with van der Waals surface area (Å²) in [4.78, 5) is 0. The van der Waals surface area contributed by atoms with E-state index >= 15 is 0 Å². The molecule has 1 spiro atoms. The fourth-order valence-electron chi connectivity index (χ4n) is 8.83. The molecule has 0 saturated heterocycles. The Morgan fingerprint density at radius 3 is 2.29 bits per heavy atom. The number of fused-ring (bicyclic) bond motifs is 1. The van der Waals surface area contributed by atoms with Gasteiger partial charge in [-0.2, -0.15) is 0 Å². The highest BCUT2D eigenvalue weighted by molar-refractivity contribution is 5.27. The second-order valence-corrected chi connectivity index (χ2v) is 10.7.